The van der Waals surface area contributed by atoms with Gasteiger partial charge in [0.15, 0.2) is 5.82 Å². The molecule has 4 N–H and O–H groups in total. The fourth-order valence-corrected chi connectivity index (χ4v) is 2.58. The molecule has 0 aliphatic heterocycles. The van der Waals surface area contributed by atoms with Gasteiger partial charge in [0.05, 0.1) is 12.2 Å². The molecule has 0 atom stereocenters. The average Bonchev–Trinajstić information content (AvgIpc) is 3.10. The third kappa shape index (κ3) is 3.29. The van der Waals surface area contributed by atoms with Crippen molar-refractivity contribution in [2.24, 2.45) is 0 Å². The number of nitrogens with zero attached hydrogens (tertiary/aromatic N) is 3. The molecule has 0 aromatic carbocycles. The average molecular weight is 306 g/mol. The molecule has 21 heavy (non-hydrogen) atoms. The molecule has 0 aliphatic carbocycles. The Bertz CT molecular complexity index is 658. The number of nitriles is 1. The molecule has 0 fully saturated rings. The number of hydrogen-bond acceptors (Lipinski definition) is 8. The minimum absolute atomic E-state index is 0.187. The van der Waals surface area contributed by atoms with Crippen LogP contribution in [0.5, 0.6) is 0 Å². The molecule has 0 bridgehead atoms. The van der Waals surface area contributed by atoms with E-state index in [0.29, 0.717) is 22.2 Å². The summed E-state index contributed by atoms with van der Waals surface area (Å²) in [6, 6.07) is 2.00. The molecule has 0 saturated heterocycles. The van der Waals surface area contributed by atoms with E-state index < -0.39 is 0 Å². The first kappa shape index (κ1) is 14.8. The van der Waals surface area contributed by atoms with Crippen LogP contribution in [0.1, 0.15) is 34.4 Å². The highest BCUT2D eigenvalue weighted by atomic mass is 32.1. The number of carbonyl (C=O) groups excluding carboxylic acids is 1. The topological polar surface area (TPSA) is 130 Å². The lowest BCUT2D eigenvalue weighted by Crippen LogP contribution is -2.23. The summed E-state index contributed by atoms with van der Waals surface area (Å²) in [4.78, 5) is 16.2. The van der Waals surface area contributed by atoms with Crippen LogP contribution in [-0.4, -0.2) is 22.6 Å². The van der Waals surface area contributed by atoms with Gasteiger partial charge in [-0.05, 0) is 6.42 Å². The monoisotopic (exact) mass is 306 g/mol. The minimum atomic E-state index is -0.275. The fraction of sp³-hybridized carbons (Fsp3) is 0.333. The third-order valence-electron chi connectivity index (χ3n) is 2.61. The van der Waals surface area contributed by atoms with E-state index in [1.807, 2.05) is 13.0 Å². The highest BCUT2D eigenvalue weighted by molar-refractivity contribution is 7.18. The standard InChI is InChI=1S/C12H14N6O2S/c1-2-3-15-11(19)10-9(14)7(4-13)12(21-10)16-5-8-17-6-20-18-8/h6,16H,2-3,5,14H2,1H3,(H,15,19). The maximum atomic E-state index is 12.0. The Morgan fingerprint density at radius 3 is 3.05 bits per heavy atom. The number of carbonyl (C=O) groups is 1. The highest BCUT2D eigenvalue weighted by Crippen LogP contribution is 2.35. The normalized spacial score (nSPS) is 10.1. The maximum absolute atomic E-state index is 12.0. The van der Waals surface area contributed by atoms with Crippen LogP contribution in [0, 0.1) is 11.3 Å². The van der Waals surface area contributed by atoms with Gasteiger partial charge < -0.3 is 20.9 Å². The Morgan fingerprint density at radius 2 is 2.43 bits per heavy atom. The summed E-state index contributed by atoms with van der Waals surface area (Å²) < 4.78 is 4.62. The molecule has 0 aliphatic rings. The van der Waals surface area contributed by atoms with Gasteiger partial charge in [0.1, 0.15) is 21.5 Å². The first-order valence-corrected chi connectivity index (χ1v) is 7.08. The lowest BCUT2D eigenvalue weighted by atomic mass is 10.2. The van der Waals surface area contributed by atoms with Gasteiger partial charge in [-0.3, -0.25) is 4.79 Å². The number of thiophene rings is 1. The lowest BCUT2D eigenvalue weighted by Gasteiger charge is -2.01. The second-order valence-corrected chi connectivity index (χ2v) is 5.14. The Kier molecular flexibility index (Phi) is 4.73. The molecule has 0 radical (unpaired) electrons. The van der Waals surface area contributed by atoms with E-state index in [4.69, 9.17) is 5.73 Å². The zero-order valence-corrected chi connectivity index (χ0v) is 12.2. The predicted octanol–water partition coefficient (Wildman–Crippen LogP) is 1.34. The molecule has 0 unspecified atom stereocenters. The van der Waals surface area contributed by atoms with Crippen molar-refractivity contribution in [3.8, 4) is 6.07 Å². The van der Waals surface area contributed by atoms with Gasteiger partial charge in [-0.1, -0.05) is 12.1 Å². The van der Waals surface area contributed by atoms with Gasteiger partial charge in [0.25, 0.3) is 5.91 Å². The second kappa shape index (κ2) is 6.71. The summed E-state index contributed by atoms with van der Waals surface area (Å²) in [6.07, 6.45) is 2.04. The van der Waals surface area contributed by atoms with Gasteiger partial charge in [-0.2, -0.15) is 10.2 Å². The zero-order chi connectivity index (χ0) is 15.2. The number of hydrogen-bond donors (Lipinski definition) is 3. The molecule has 2 aromatic rings. The number of aromatic nitrogens is 2. The minimum Gasteiger partial charge on any atom is -0.396 e. The molecule has 9 heteroatoms. The number of rotatable bonds is 6. The lowest BCUT2D eigenvalue weighted by molar-refractivity contribution is 0.0958. The molecule has 1 amide bonds. The van der Waals surface area contributed by atoms with Crippen molar-refractivity contribution in [2.45, 2.75) is 19.9 Å². The van der Waals surface area contributed by atoms with Crippen molar-refractivity contribution in [1.82, 2.24) is 15.5 Å². The van der Waals surface area contributed by atoms with Gasteiger partial charge in [0, 0.05) is 6.54 Å². The van der Waals surface area contributed by atoms with E-state index in [9.17, 15) is 10.1 Å². The summed E-state index contributed by atoms with van der Waals surface area (Å²) in [6.45, 7) is 2.79. The second-order valence-electron chi connectivity index (χ2n) is 4.12. The van der Waals surface area contributed by atoms with E-state index in [2.05, 4.69) is 25.3 Å². The van der Waals surface area contributed by atoms with Crippen LogP contribution in [0.15, 0.2) is 10.9 Å². The Hall–Kier alpha value is -2.60. The quantitative estimate of drug-likeness (QED) is 0.734. The summed E-state index contributed by atoms with van der Waals surface area (Å²) in [5.74, 6) is 0.173. The molecule has 2 heterocycles. The van der Waals surface area contributed by atoms with Gasteiger partial charge in [-0.15, -0.1) is 11.3 Å². The maximum Gasteiger partial charge on any atom is 0.263 e. The van der Waals surface area contributed by atoms with Crippen LogP contribution in [0.25, 0.3) is 0 Å². The van der Waals surface area contributed by atoms with E-state index >= 15 is 0 Å². The number of amides is 1. The Balaban J connectivity index is 2.17. The van der Waals surface area contributed by atoms with E-state index in [-0.39, 0.29) is 23.7 Å². The molecular formula is C12H14N6O2S. The van der Waals surface area contributed by atoms with Crippen molar-refractivity contribution in [1.29, 1.82) is 5.26 Å². The number of anilines is 2. The summed E-state index contributed by atoms with van der Waals surface area (Å²) in [7, 11) is 0. The molecule has 0 spiro atoms. The molecule has 8 nitrogen and oxygen atoms in total. The van der Waals surface area contributed by atoms with E-state index in [1.165, 1.54) is 6.39 Å². The zero-order valence-electron chi connectivity index (χ0n) is 11.3. The van der Waals surface area contributed by atoms with E-state index in [1.54, 1.807) is 0 Å². The first-order chi connectivity index (χ1) is 10.2. The molecule has 110 valence electrons. The summed E-state index contributed by atoms with van der Waals surface area (Å²) >= 11 is 1.13. The molecule has 0 saturated carbocycles. The van der Waals surface area contributed by atoms with Gasteiger partial charge >= 0.3 is 0 Å². The van der Waals surface area contributed by atoms with Crippen molar-refractivity contribution in [2.75, 3.05) is 17.6 Å². The molecule has 2 aromatic heterocycles. The Labute approximate surface area is 124 Å². The largest absolute Gasteiger partial charge is 0.396 e. The first-order valence-electron chi connectivity index (χ1n) is 6.27. The summed E-state index contributed by atoms with van der Waals surface area (Å²) in [5, 5.41) is 19.1. The van der Waals surface area contributed by atoms with Crippen LogP contribution >= 0.6 is 11.3 Å². The SMILES string of the molecule is CCCNC(=O)c1sc(NCc2ncon2)c(C#N)c1N. The van der Waals surface area contributed by atoms with Crippen LogP contribution < -0.4 is 16.4 Å². The smallest absolute Gasteiger partial charge is 0.263 e. The van der Waals surface area contributed by atoms with Crippen molar-refractivity contribution in [3.63, 3.8) is 0 Å². The van der Waals surface area contributed by atoms with Crippen LogP contribution in [0.4, 0.5) is 10.7 Å². The molecular weight excluding hydrogens is 292 g/mol. The van der Waals surface area contributed by atoms with Gasteiger partial charge in [-0.25, -0.2) is 0 Å². The van der Waals surface area contributed by atoms with Gasteiger partial charge in [0.2, 0.25) is 6.39 Å². The third-order valence-corrected chi connectivity index (χ3v) is 3.77. The Morgan fingerprint density at radius 1 is 1.62 bits per heavy atom. The fourth-order valence-electron chi connectivity index (χ4n) is 1.60. The van der Waals surface area contributed by atoms with E-state index in [0.717, 1.165) is 17.8 Å². The highest BCUT2D eigenvalue weighted by Gasteiger charge is 2.20. The predicted molar refractivity (Wildman–Crippen MR) is 77.7 cm³/mol. The number of nitrogens with one attached hydrogen (secondary N) is 2. The summed E-state index contributed by atoms with van der Waals surface area (Å²) in [5.41, 5.74) is 6.32. The van der Waals surface area contributed by atoms with Crippen molar-refractivity contribution in [3.05, 3.63) is 22.7 Å². The van der Waals surface area contributed by atoms with Crippen molar-refractivity contribution >= 4 is 27.9 Å². The number of nitrogen functional groups attached to an aromatic ring is 1. The molecule has 2 rings (SSSR count). The van der Waals surface area contributed by atoms with Crippen LogP contribution in [0.2, 0.25) is 0 Å². The van der Waals surface area contributed by atoms with Crippen molar-refractivity contribution < 1.29 is 9.32 Å². The number of nitrogens with two attached hydrogens (primary N) is 1. The van der Waals surface area contributed by atoms with Crippen LogP contribution in [0.3, 0.4) is 0 Å². The van der Waals surface area contributed by atoms with Crippen LogP contribution in [-0.2, 0) is 6.54 Å².